The lowest BCUT2D eigenvalue weighted by atomic mass is 10.1. The minimum absolute atomic E-state index is 0.126. The summed E-state index contributed by atoms with van der Waals surface area (Å²) < 4.78 is 10.4. The average Bonchev–Trinajstić information content (AvgIpc) is 2.74. The standard InChI is InChI=1S/C11H10Cl2O3/c12-7-1-2-9(13)8(5-7)10(14)6-11-15-3-4-16-11/h1-2,5,11H,3-4,6H2. The molecule has 3 nitrogen and oxygen atoms in total. The van der Waals surface area contributed by atoms with E-state index in [1.165, 1.54) is 0 Å². The van der Waals surface area contributed by atoms with Crippen molar-refractivity contribution in [2.24, 2.45) is 0 Å². The molecule has 1 saturated heterocycles. The molecule has 1 aliphatic rings. The number of ether oxygens (including phenoxy) is 2. The molecule has 0 spiro atoms. The topological polar surface area (TPSA) is 35.5 Å². The first-order valence-electron chi connectivity index (χ1n) is 4.88. The van der Waals surface area contributed by atoms with Gasteiger partial charge in [0.05, 0.1) is 24.7 Å². The van der Waals surface area contributed by atoms with Crippen LogP contribution < -0.4 is 0 Å². The van der Waals surface area contributed by atoms with E-state index in [4.69, 9.17) is 32.7 Å². The molecule has 0 radical (unpaired) electrons. The van der Waals surface area contributed by atoms with E-state index in [-0.39, 0.29) is 12.2 Å². The fourth-order valence-electron chi connectivity index (χ4n) is 1.50. The van der Waals surface area contributed by atoms with Crippen LogP contribution in [0.4, 0.5) is 0 Å². The summed E-state index contributed by atoms with van der Waals surface area (Å²) in [7, 11) is 0. The highest BCUT2D eigenvalue weighted by molar-refractivity contribution is 6.35. The summed E-state index contributed by atoms with van der Waals surface area (Å²) in [6.07, 6.45) is -0.289. The van der Waals surface area contributed by atoms with Crippen LogP contribution >= 0.6 is 23.2 Å². The van der Waals surface area contributed by atoms with Gasteiger partial charge >= 0.3 is 0 Å². The lowest BCUT2D eigenvalue weighted by Gasteiger charge is -2.09. The molecular formula is C11H10Cl2O3. The SMILES string of the molecule is O=C(CC1OCCO1)c1cc(Cl)ccc1Cl. The average molecular weight is 261 g/mol. The van der Waals surface area contributed by atoms with Gasteiger partial charge in [-0.1, -0.05) is 23.2 Å². The molecule has 0 amide bonds. The Morgan fingerprint density at radius 1 is 1.31 bits per heavy atom. The molecule has 1 fully saturated rings. The van der Waals surface area contributed by atoms with Gasteiger partial charge in [-0.2, -0.15) is 0 Å². The Bertz CT molecular complexity index is 400. The van der Waals surface area contributed by atoms with Gasteiger partial charge in [0.2, 0.25) is 0 Å². The minimum atomic E-state index is -0.456. The Balaban J connectivity index is 2.10. The Morgan fingerprint density at radius 3 is 2.69 bits per heavy atom. The molecule has 0 N–H and O–H groups in total. The fraction of sp³-hybridized carbons (Fsp3) is 0.364. The third kappa shape index (κ3) is 2.74. The van der Waals surface area contributed by atoms with Crippen molar-refractivity contribution >= 4 is 29.0 Å². The van der Waals surface area contributed by atoms with Gasteiger partial charge in [-0.15, -0.1) is 0 Å². The quantitative estimate of drug-likeness (QED) is 0.785. The van der Waals surface area contributed by atoms with Crippen molar-refractivity contribution < 1.29 is 14.3 Å². The molecule has 2 rings (SSSR count). The molecule has 0 bridgehead atoms. The van der Waals surface area contributed by atoms with Crippen molar-refractivity contribution in [1.82, 2.24) is 0 Å². The van der Waals surface area contributed by atoms with Gasteiger partial charge in [0.1, 0.15) is 0 Å². The van der Waals surface area contributed by atoms with E-state index in [0.717, 1.165) is 0 Å². The monoisotopic (exact) mass is 260 g/mol. The lowest BCUT2D eigenvalue weighted by molar-refractivity contribution is -0.0407. The maximum atomic E-state index is 11.9. The Hall–Kier alpha value is -0.610. The highest BCUT2D eigenvalue weighted by Crippen LogP contribution is 2.23. The van der Waals surface area contributed by atoms with Crippen molar-refractivity contribution in [2.45, 2.75) is 12.7 Å². The van der Waals surface area contributed by atoms with Crippen LogP contribution in [-0.4, -0.2) is 25.3 Å². The van der Waals surface area contributed by atoms with Crippen LogP contribution in [-0.2, 0) is 9.47 Å². The number of rotatable bonds is 3. The van der Waals surface area contributed by atoms with Gasteiger partial charge < -0.3 is 9.47 Å². The van der Waals surface area contributed by atoms with Crippen molar-refractivity contribution in [2.75, 3.05) is 13.2 Å². The van der Waals surface area contributed by atoms with Gasteiger partial charge in [-0.3, -0.25) is 4.79 Å². The minimum Gasteiger partial charge on any atom is -0.350 e. The summed E-state index contributed by atoms with van der Waals surface area (Å²) in [5.74, 6) is -0.126. The van der Waals surface area contributed by atoms with E-state index in [9.17, 15) is 4.79 Å². The zero-order valence-electron chi connectivity index (χ0n) is 8.41. The molecule has 0 saturated carbocycles. The first kappa shape index (κ1) is 11.9. The summed E-state index contributed by atoms with van der Waals surface area (Å²) in [5, 5.41) is 0.883. The van der Waals surface area contributed by atoms with Gasteiger partial charge in [0.15, 0.2) is 12.1 Å². The Morgan fingerprint density at radius 2 is 2.00 bits per heavy atom. The summed E-state index contributed by atoms with van der Waals surface area (Å²) in [5.41, 5.74) is 0.410. The summed E-state index contributed by atoms with van der Waals surface area (Å²) in [6, 6.07) is 4.80. The smallest absolute Gasteiger partial charge is 0.169 e. The van der Waals surface area contributed by atoms with Crippen molar-refractivity contribution in [3.05, 3.63) is 33.8 Å². The summed E-state index contributed by atoms with van der Waals surface area (Å²) >= 11 is 11.7. The molecule has 0 aromatic heterocycles. The molecule has 1 aliphatic heterocycles. The van der Waals surface area contributed by atoms with Gasteiger partial charge in [-0.05, 0) is 18.2 Å². The molecule has 86 valence electrons. The van der Waals surface area contributed by atoms with E-state index in [1.54, 1.807) is 18.2 Å². The van der Waals surface area contributed by atoms with Crippen molar-refractivity contribution in [3.63, 3.8) is 0 Å². The highest BCUT2D eigenvalue weighted by Gasteiger charge is 2.21. The van der Waals surface area contributed by atoms with E-state index in [0.29, 0.717) is 28.8 Å². The maximum absolute atomic E-state index is 11.9. The predicted octanol–water partition coefficient (Wildman–Crippen LogP) is 2.94. The molecule has 1 aromatic carbocycles. The second-order valence-electron chi connectivity index (χ2n) is 3.42. The zero-order chi connectivity index (χ0) is 11.5. The highest BCUT2D eigenvalue weighted by atomic mass is 35.5. The number of hydrogen-bond acceptors (Lipinski definition) is 3. The van der Waals surface area contributed by atoms with Crippen LogP contribution in [0.3, 0.4) is 0 Å². The number of benzene rings is 1. The molecule has 1 heterocycles. The third-order valence-corrected chi connectivity index (χ3v) is 2.84. The maximum Gasteiger partial charge on any atom is 0.169 e. The second kappa shape index (κ2) is 5.15. The fourth-order valence-corrected chi connectivity index (χ4v) is 1.89. The number of ketones is 1. The third-order valence-electron chi connectivity index (χ3n) is 2.27. The molecule has 0 atom stereocenters. The zero-order valence-corrected chi connectivity index (χ0v) is 9.92. The number of Topliss-reactive ketones (excluding diaryl/α,β-unsaturated/α-hetero) is 1. The normalized spacial score (nSPS) is 16.6. The van der Waals surface area contributed by atoms with Crippen molar-refractivity contribution in [1.29, 1.82) is 0 Å². The number of hydrogen-bond donors (Lipinski definition) is 0. The molecule has 16 heavy (non-hydrogen) atoms. The van der Waals surface area contributed by atoms with Crippen LogP contribution in [0.1, 0.15) is 16.8 Å². The Labute approximate surface area is 103 Å². The van der Waals surface area contributed by atoms with Crippen LogP contribution in [0.15, 0.2) is 18.2 Å². The van der Waals surface area contributed by atoms with Crippen LogP contribution in [0.5, 0.6) is 0 Å². The van der Waals surface area contributed by atoms with Crippen LogP contribution in [0.25, 0.3) is 0 Å². The van der Waals surface area contributed by atoms with E-state index < -0.39 is 6.29 Å². The molecule has 0 aliphatic carbocycles. The van der Waals surface area contributed by atoms with E-state index in [2.05, 4.69) is 0 Å². The first-order valence-corrected chi connectivity index (χ1v) is 5.64. The molecule has 5 heteroatoms. The molecule has 1 aromatic rings. The summed E-state index contributed by atoms with van der Waals surface area (Å²) in [6.45, 7) is 1.06. The number of carbonyl (C=O) groups is 1. The van der Waals surface area contributed by atoms with Gasteiger partial charge in [-0.25, -0.2) is 0 Å². The molecule has 0 unspecified atom stereocenters. The largest absolute Gasteiger partial charge is 0.350 e. The van der Waals surface area contributed by atoms with E-state index in [1.807, 2.05) is 0 Å². The van der Waals surface area contributed by atoms with Gasteiger partial charge in [0, 0.05) is 10.6 Å². The first-order chi connectivity index (χ1) is 7.66. The molecular weight excluding hydrogens is 251 g/mol. The lowest BCUT2D eigenvalue weighted by Crippen LogP contribution is -2.14. The van der Waals surface area contributed by atoms with Crippen LogP contribution in [0.2, 0.25) is 10.0 Å². The second-order valence-corrected chi connectivity index (χ2v) is 4.27. The number of carbonyl (C=O) groups excluding carboxylic acids is 1. The van der Waals surface area contributed by atoms with Crippen molar-refractivity contribution in [3.8, 4) is 0 Å². The number of halogens is 2. The predicted molar refractivity (Wildman–Crippen MR) is 61.1 cm³/mol. The van der Waals surface area contributed by atoms with Gasteiger partial charge in [0.25, 0.3) is 0 Å². The van der Waals surface area contributed by atoms with Crippen LogP contribution in [0, 0.1) is 0 Å². The van der Waals surface area contributed by atoms with E-state index >= 15 is 0 Å². The summed E-state index contributed by atoms with van der Waals surface area (Å²) in [4.78, 5) is 11.9. The Kier molecular flexibility index (Phi) is 3.82.